The fraction of sp³-hybridized carbons (Fsp3) is 0.100. The third-order valence-electron chi connectivity index (χ3n) is 3.48. The predicted molar refractivity (Wildman–Crippen MR) is 97.2 cm³/mol. The molecular weight excluding hydrogens is 296 g/mol. The quantitative estimate of drug-likeness (QED) is 0.460. The summed E-state index contributed by atoms with van der Waals surface area (Å²) >= 11 is 0. The second kappa shape index (κ2) is 7.42. The number of hydrogen-bond acceptors (Lipinski definition) is 4. The molecule has 0 bridgehead atoms. The molecule has 0 aliphatic carbocycles. The third-order valence-corrected chi connectivity index (χ3v) is 3.48. The first-order valence-electron chi connectivity index (χ1n) is 7.76. The van der Waals surface area contributed by atoms with Crippen LogP contribution in [0.5, 0.6) is 0 Å². The number of rotatable bonds is 4. The minimum atomic E-state index is 0.782. The predicted octanol–water partition coefficient (Wildman–Crippen LogP) is 7.13. The lowest BCUT2D eigenvalue weighted by molar-refractivity contribution is 1.21. The highest BCUT2D eigenvalue weighted by atomic mass is 15.1. The Morgan fingerprint density at radius 3 is 0.833 bits per heavy atom. The molecule has 0 N–H and O–H groups in total. The van der Waals surface area contributed by atoms with Crippen molar-refractivity contribution in [3.8, 4) is 0 Å². The van der Waals surface area contributed by atoms with E-state index in [1.54, 1.807) is 0 Å². The summed E-state index contributed by atoms with van der Waals surface area (Å²) in [7, 11) is 0. The minimum absolute atomic E-state index is 0.782. The molecule has 0 heterocycles. The van der Waals surface area contributed by atoms with Crippen molar-refractivity contribution < 1.29 is 0 Å². The van der Waals surface area contributed by atoms with Gasteiger partial charge in [0.2, 0.25) is 0 Å². The Bertz CT molecular complexity index is 771. The molecule has 3 aromatic carbocycles. The second-order valence-corrected chi connectivity index (χ2v) is 5.59. The van der Waals surface area contributed by atoms with E-state index < -0.39 is 0 Å². The summed E-state index contributed by atoms with van der Waals surface area (Å²) in [5.74, 6) is 0. The fourth-order valence-electron chi connectivity index (χ4n) is 2.04. The zero-order chi connectivity index (χ0) is 16.8. The largest absolute Gasteiger partial charge is 0.151 e. The monoisotopic (exact) mass is 314 g/mol. The molecule has 3 aromatic rings. The molecule has 0 radical (unpaired) electrons. The normalized spacial score (nSPS) is 11.4. The van der Waals surface area contributed by atoms with Gasteiger partial charge in [-0.25, -0.2) is 0 Å². The van der Waals surface area contributed by atoms with Gasteiger partial charge < -0.3 is 0 Å². The maximum absolute atomic E-state index is 4.23. The van der Waals surface area contributed by atoms with Crippen LogP contribution in [0, 0.1) is 13.8 Å². The lowest BCUT2D eigenvalue weighted by atomic mass is 10.2. The van der Waals surface area contributed by atoms with Crippen LogP contribution in [0.2, 0.25) is 0 Å². The van der Waals surface area contributed by atoms with Crippen LogP contribution in [0.15, 0.2) is 93.3 Å². The summed E-state index contributed by atoms with van der Waals surface area (Å²) in [6.07, 6.45) is 0. The van der Waals surface area contributed by atoms with Crippen molar-refractivity contribution in [2.75, 3.05) is 0 Å². The molecule has 0 aliphatic rings. The van der Waals surface area contributed by atoms with Gasteiger partial charge >= 0.3 is 0 Å². The van der Waals surface area contributed by atoms with Crippen molar-refractivity contribution in [1.82, 2.24) is 0 Å². The van der Waals surface area contributed by atoms with Crippen LogP contribution in [-0.2, 0) is 0 Å². The summed E-state index contributed by atoms with van der Waals surface area (Å²) in [6.45, 7) is 4.09. The molecule has 0 unspecified atom stereocenters. The van der Waals surface area contributed by atoms with Crippen LogP contribution in [0.3, 0.4) is 0 Å². The van der Waals surface area contributed by atoms with Gasteiger partial charge in [-0.05, 0) is 62.4 Å². The van der Waals surface area contributed by atoms with Gasteiger partial charge in [0.1, 0.15) is 0 Å². The summed E-state index contributed by atoms with van der Waals surface area (Å²) in [4.78, 5) is 0. The fourth-order valence-corrected chi connectivity index (χ4v) is 2.04. The molecule has 24 heavy (non-hydrogen) atoms. The molecule has 0 aliphatic heterocycles. The van der Waals surface area contributed by atoms with E-state index in [1.807, 2.05) is 86.6 Å². The highest BCUT2D eigenvalue weighted by Gasteiger charge is 1.94. The van der Waals surface area contributed by atoms with Gasteiger partial charge in [-0.2, -0.15) is 20.5 Å². The zero-order valence-corrected chi connectivity index (χ0v) is 13.7. The van der Waals surface area contributed by atoms with Gasteiger partial charge in [0.25, 0.3) is 0 Å². The number of benzene rings is 3. The topological polar surface area (TPSA) is 49.4 Å². The van der Waals surface area contributed by atoms with Crippen molar-refractivity contribution in [2.45, 2.75) is 13.8 Å². The van der Waals surface area contributed by atoms with Crippen molar-refractivity contribution in [1.29, 1.82) is 0 Å². The lowest BCUT2D eigenvalue weighted by Gasteiger charge is -1.96. The van der Waals surface area contributed by atoms with Crippen molar-refractivity contribution in [3.63, 3.8) is 0 Å². The number of aryl methyl sites for hydroxylation is 2. The van der Waals surface area contributed by atoms with E-state index in [-0.39, 0.29) is 0 Å². The van der Waals surface area contributed by atoms with Gasteiger partial charge in [0, 0.05) is 0 Å². The van der Waals surface area contributed by atoms with Crippen LogP contribution in [0.25, 0.3) is 0 Å². The number of hydrogen-bond donors (Lipinski definition) is 0. The smallest absolute Gasteiger partial charge is 0.0858 e. The third kappa shape index (κ3) is 4.43. The van der Waals surface area contributed by atoms with Crippen molar-refractivity contribution in [2.24, 2.45) is 20.5 Å². The van der Waals surface area contributed by atoms with Gasteiger partial charge in [-0.3, -0.25) is 0 Å². The molecule has 0 fully saturated rings. The average molecular weight is 314 g/mol. The van der Waals surface area contributed by atoms with E-state index in [2.05, 4.69) is 20.5 Å². The number of azo groups is 2. The second-order valence-electron chi connectivity index (χ2n) is 5.59. The Balaban J connectivity index is 1.66. The summed E-state index contributed by atoms with van der Waals surface area (Å²) in [5, 5.41) is 16.9. The molecule has 118 valence electrons. The Kier molecular flexibility index (Phi) is 4.87. The summed E-state index contributed by atoms with van der Waals surface area (Å²) < 4.78 is 0. The van der Waals surface area contributed by atoms with Crippen molar-refractivity contribution >= 4 is 22.7 Å². The van der Waals surface area contributed by atoms with Crippen LogP contribution in [0.4, 0.5) is 22.7 Å². The Hall–Kier alpha value is -3.14. The van der Waals surface area contributed by atoms with Gasteiger partial charge in [-0.1, -0.05) is 35.4 Å². The molecule has 4 nitrogen and oxygen atoms in total. The molecular formula is C20H18N4. The first kappa shape index (κ1) is 15.7. The first-order chi connectivity index (χ1) is 11.7. The van der Waals surface area contributed by atoms with Gasteiger partial charge in [0.05, 0.1) is 22.7 Å². The summed E-state index contributed by atoms with van der Waals surface area (Å²) in [5.41, 5.74) is 5.65. The van der Waals surface area contributed by atoms with Crippen LogP contribution < -0.4 is 0 Å². The Morgan fingerprint density at radius 2 is 0.583 bits per heavy atom. The molecule has 0 saturated carbocycles. The SMILES string of the molecule is Cc1ccc(/N=N/c2ccc(/N=N/c3ccc(C)cc3)cc2)cc1. The van der Waals surface area contributed by atoms with E-state index in [9.17, 15) is 0 Å². The Labute approximate surface area is 141 Å². The first-order valence-corrected chi connectivity index (χ1v) is 7.76. The molecule has 3 rings (SSSR count). The molecule has 0 atom stereocenters. The van der Waals surface area contributed by atoms with E-state index in [1.165, 1.54) is 11.1 Å². The standard InChI is InChI=1S/C20H18N4/c1-15-3-7-17(8-4-15)21-23-19-11-13-20(14-12-19)24-22-18-9-5-16(2)6-10-18/h3-14H,1-2H3/b23-21+,24-22+. The van der Waals surface area contributed by atoms with E-state index in [0.29, 0.717) is 0 Å². The molecule has 4 heteroatoms. The lowest BCUT2D eigenvalue weighted by Crippen LogP contribution is -1.69. The summed E-state index contributed by atoms with van der Waals surface area (Å²) in [6, 6.07) is 23.4. The van der Waals surface area contributed by atoms with Crippen molar-refractivity contribution in [3.05, 3.63) is 83.9 Å². The van der Waals surface area contributed by atoms with E-state index in [0.717, 1.165) is 22.7 Å². The number of nitrogens with zero attached hydrogens (tertiary/aromatic N) is 4. The van der Waals surface area contributed by atoms with Crippen LogP contribution in [0.1, 0.15) is 11.1 Å². The zero-order valence-electron chi connectivity index (χ0n) is 13.7. The highest BCUT2D eigenvalue weighted by molar-refractivity contribution is 5.48. The highest BCUT2D eigenvalue weighted by Crippen LogP contribution is 2.23. The molecule has 0 saturated heterocycles. The molecule has 0 amide bonds. The minimum Gasteiger partial charge on any atom is -0.151 e. The average Bonchev–Trinajstić information content (AvgIpc) is 2.62. The molecule has 0 aromatic heterocycles. The molecule has 0 spiro atoms. The van der Waals surface area contributed by atoms with Gasteiger partial charge in [-0.15, -0.1) is 0 Å². The Morgan fingerprint density at radius 1 is 0.375 bits per heavy atom. The maximum Gasteiger partial charge on any atom is 0.0858 e. The van der Waals surface area contributed by atoms with E-state index in [4.69, 9.17) is 0 Å². The maximum atomic E-state index is 4.23. The van der Waals surface area contributed by atoms with Crippen LogP contribution >= 0.6 is 0 Å². The van der Waals surface area contributed by atoms with Crippen LogP contribution in [-0.4, -0.2) is 0 Å². The van der Waals surface area contributed by atoms with Gasteiger partial charge in [0.15, 0.2) is 0 Å². The van der Waals surface area contributed by atoms with E-state index >= 15 is 0 Å².